The summed E-state index contributed by atoms with van der Waals surface area (Å²) in [5, 5.41) is 10.1. The fourth-order valence-electron chi connectivity index (χ4n) is 4.19. The van der Waals surface area contributed by atoms with Gasteiger partial charge in [-0.2, -0.15) is 0 Å². The van der Waals surface area contributed by atoms with Gasteiger partial charge >= 0.3 is 5.97 Å². The third-order valence-corrected chi connectivity index (χ3v) is 6.31. The van der Waals surface area contributed by atoms with E-state index in [1.165, 1.54) is 17.0 Å². The van der Waals surface area contributed by atoms with E-state index in [0.717, 1.165) is 17.2 Å². The number of ether oxygens (including phenoxy) is 1. The Kier molecular flexibility index (Phi) is 6.82. The number of fused-ring (bicyclic) bond motifs is 1. The van der Waals surface area contributed by atoms with Crippen LogP contribution in [0.3, 0.4) is 0 Å². The summed E-state index contributed by atoms with van der Waals surface area (Å²) < 4.78 is 19.6. The van der Waals surface area contributed by atoms with Crippen LogP contribution in [0, 0.1) is 5.82 Å². The summed E-state index contributed by atoms with van der Waals surface area (Å²) >= 11 is 12.1. The Hall–Kier alpha value is -3.09. The first kappa shape index (κ1) is 24.0. The molecule has 0 fully saturated rings. The third-order valence-electron chi connectivity index (χ3n) is 5.71. The van der Waals surface area contributed by atoms with Gasteiger partial charge in [-0.3, -0.25) is 9.59 Å². The predicted molar refractivity (Wildman–Crippen MR) is 128 cm³/mol. The molecule has 0 unspecified atom stereocenters. The number of hydrogen-bond donors (Lipinski definition) is 1. The second-order valence-electron chi connectivity index (χ2n) is 8.65. The molecule has 1 amide bonds. The van der Waals surface area contributed by atoms with Gasteiger partial charge in [0.15, 0.2) is 0 Å². The number of rotatable bonds is 7. The second kappa shape index (κ2) is 9.65. The van der Waals surface area contributed by atoms with Crippen molar-refractivity contribution in [1.82, 2.24) is 4.90 Å². The standard InChI is InChI=1S/C26H22Cl2FNO4/c1-26(12-16-2-6-20(27)7-3-16)13-19-10-17(5-9-23(19)34-26)25(33)30(15-24(31)32)14-18-4-8-21(29)11-22(18)28/h2-11H,12-15H2,1H3,(H,31,32)/t26-/m0/s1. The van der Waals surface area contributed by atoms with Crippen molar-refractivity contribution >= 4 is 35.1 Å². The van der Waals surface area contributed by atoms with E-state index in [9.17, 15) is 19.1 Å². The zero-order valence-corrected chi connectivity index (χ0v) is 19.9. The molecule has 0 saturated heterocycles. The third kappa shape index (κ3) is 5.51. The lowest BCUT2D eigenvalue weighted by atomic mass is 9.91. The van der Waals surface area contributed by atoms with Gasteiger partial charge in [-0.15, -0.1) is 0 Å². The van der Waals surface area contributed by atoms with Crippen LogP contribution in [0.5, 0.6) is 5.75 Å². The van der Waals surface area contributed by atoms with E-state index < -0.39 is 29.8 Å². The molecule has 8 heteroatoms. The monoisotopic (exact) mass is 501 g/mol. The number of nitrogens with zero attached hydrogens (tertiary/aromatic N) is 1. The second-order valence-corrected chi connectivity index (χ2v) is 9.49. The molecule has 0 spiro atoms. The van der Waals surface area contributed by atoms with Gasteiger partial charge in [-0.05, 0) is 66.1 Å². The number of benzene rings is 3. The molecule has 0 aromatic heterocycles. The zero-order chi connectivity index (χ0) is 24.5. The van der Waals surface area contributed by atoms with Crippen LogP contribution in [0.4, 0.5) is 4.39 Å². The lowest BCUT2D eigenvalue weighted by molar-refractivity contribution is -0.137. The summed E-state index contributed by atoms with van der Waals surface area (Å²) in [5.41, 5.74) is 2.27. The minimum absolute atomic E-state index is 0.0634. The molecule has 3 aromatic rings. The molecule has 0 radical (unpaired) electrons. The Morgan fingerprint density at radius 2 is 1.82 bits per heavy atom. The summed E-state index contributed by atoms with van der Waals surface area (Å²) in [4.78, 5) is 25.8. The van der Waals surface area contributed by atoms with E-state index in [1.807, 2.05) is 31.2 Å². The Labute approximate surface area is 206 Å². The van der Waals surface area contributed by atoms with Gasteiger partial charge in [-0.1, -0.05) is 41.4 Å². The van der Waals surface area contributed by atoms with Crippen molar-refractivity contribution in [3.05, 3.63) is 98.8 Å². The van der Waals surface area contributed by atoms with Crippen molar-refractivity contribution in [1.29, 1.82) is 0 Å². The van der Waals surface area contributed by atoms with Crippen molar-refractivity contribution in [2.24, 2.45) is 0 Å². The van der Waals surface area contributed by atoms with E-state index in [1.54, 1.807) is 18.2 Å². The maximum absolute atomic E-state index is 13.4. The molecule has 176 valence electrons. The maximum atomic E-state index is 13.4. The quantitative estimate of drug-likeness (QED) is 0.444. The summed E-state index contributed by atoms with van der Waals surface area (Å²) in [7, 11) is 0. The summed E-state index contributed by atoms with van der Waals surface area (Å²) in [5.74, 6) is -1.44. The number of carboxylic acids is 1. The smallest absolute Gasteiger partial charge is 0.323 e. The molecule has 0 aliphatic carbocycles. The highest BCUT2D eigenvalue weighted by atomic mass is 35.5. The molecule has 1 atom stereocenters. The molecular weight excluding hydrogens is 480 g/mol. The van der Waals surface area contributed by atoms with Crippen molar-refractivity contribution in [3.63, 3.8) is 0 Å². The molecular formula is C26H22Cl2FNO4. The first-order valence-corrected chi connectivity index (χ1v) is 11.4. The number of hydrogen-bond acceptors (Lipinski definition) is 3. The molecule has 3 aromatic carbocycles. The molecule has 1 aliphatic heterocycles. The molecule has 1 N–H and O–H groups in total. The van der Waals surface area contributed by atoms with Crippen LogP contribution < -0.4 is 4.74 Å². The van der Waals surface area contributed by atoms with Crippen molar-refractivity contribution < 1.29 is 23.8 Å². The Morgan fingerprint density at radius 3 is 2.50 bits per heavy atom. The highest BCUT2D eigenvalue weighted by molar-refractivity contribution is 6.31. The first-order chi connectivity index (χ1) is 16.1. The number of amides is 1. The van der Waals surface area contributed by atoms with E-state index in [2.05, 4.69) is 0 Å². The van der Waals surface area contributed by atoms with E-state index >= 15 is 0 Å². The van der Waals surface area contributed by atoms with Crippen LogP contribution in [0.1, 0.15) is 34.0 Å². The van der Waals surface area contributed by atoms with Crippen molar-refractivity contribution in [3.8, 4) is 5.75 Å². The molecule has 1 heterocycles. The average molecular weight is 502 g/mol. The van der Waals surface area contributed by atoms with E-state index in [-0.39, 0.29) is 11.6 Å². The van der Waals surface area contributed by atoms with Crippen LogP contribution in [0.25, 0.3) is 0 Å². The van der Waals surface area contributed by atoms with Crippen LogP contribution >= 0.6 is 23.2 Å². The van der Waals surface area contributed by atoms with Gasteiger partial charge in [-0.25, -0.2) is 4.39 Å². The van der Waals surface area contributed by atoms with Crippen LogP contribution in [0.2, 0.25) is 10.0 Å². The topological polar surface area (TPSA) is 66.8 Å². The molecule has 4 rings (SSSR count). The van der Waals surface area contributed by atoms with E-state index in [0.29, 0.717) is 34.7 Å². The highest BCUT2D eigenvalue weighted by Gasteiger charge is 2.35. The molecule has 5 nitrogen and oxygen atoms in total. The maximum Gasteiger partial charge on any atom is 0.323 e. The van der Waals surface area contributed by atoms with E-state index in [4.69, 9.17) is 27.9 Å². The van der Waals surface area contributed by atoms with Gasteiger partial charge in [0.1, 0.15) is 23.7 Å². The summed E-state index contributed by atoms with van der Waals surface area (Å²) in [6, 6.07) is 16.5. The fourth-order valence-corrected chi connectivity index (χ4v) is 4.54. The van der Waals surface area contributed by atoms with Gasteiger partial charge in [0.2, 0.25) is 0 Å². The average Bonchev–Trinajstić information content (AvgIpc) is 3.10. The minimum atomic E-state index is -1.16. The summed E-state index contributed by atoms with van der Waals surface area (Å²) in [6.45, 7) is 1.43. The van der Waals surface area contributed by atoms with Crippen molar-refractivity contribution in [2.45, 2.75) is 31.9 Å². The molecule has 1 aliphatic rings. The lowest BCUT2D eigenvalue weighted by Gasteiger charge is -2.24. The lowest BCUT2D eigenvalue weighted by Crippen LogP contribution is -2.35. The van der Waals surface area contributed by atoms with Gasteiger partial charge in [0.25, 0.3) is 5.91 Å². The number of halogens is 3. The number of carbonyl (C=O) groups excluding carboxylic acids is 1. The first-order valence-electron chi connectivity index (χ1n) is 10.6. The fraction of sp³-hybridized carbons (Fsp3) is 0.231. The van der Waals surface area contributed by atoms with Gasteiger partial charge in [0.05, 0.1) is 0 Å². The summed E-state index contributed by atoms with van der Waals surface area (Å²) in [6.07, 6.45) is 1.26. The Morgan fingerprint density at radius 1 is 1.09 bits per heavy atom. The SMILES string of the molecule is C[C@]1(Cc2ccc(Cl)cc2)Cc2cc(C(=O)N(CC(=O)O)Cc3ccc(F)cc3Cl)ccc2O1. The van der Waals surface area contributed by atoms with Crippen molar-refractivity contribution in [2.75, 3.05) is 6.54 Å². The molecule has 34 heavy (non-hydrogen) atoms. The molecule has 0 saturated carbocycles. The normalized spacial score (nSPS) is 16.6. The highest BCUT2D eigenvalue weighted by Crippen LogP contribution is 2.38. The number of carbonyl (C=O) groups is 2. The van der Waals surface area contributed by atoms with Gasteiger partial charge < -0.3 is 14.7 Å². The molecule has 0 bridgehead atoms. The Bertz CT molecular complexity index is 1250. The number of carboxylic acid groups (broad SMARTS) is 1. The van der Waals surface area contributed by atoms with Crippen LogP contribution in [0.15, 0.2) is 60.7 Å². The minimum Gasteiger partial charge on any atom is -0.487 e. The predicted octanol–water partition coefficient (Wildman–Crippen LogP) is 5.80. The van der Waals surface area contributed by atoms with Crippen LogP contribution in [-0.2, 0) is 24.2 Å². The number of aliphatic carboxylic acids is 1. The van der Waals surface area contributed by atoms with Gasteiger partial charge in [0, 0.05) is 35.0 Å². The zero-order valence-electron chi connectivity index (χ0n) is 18.4. The largest absolute Gasteiger partial charge is 0.487 e. The Balaban J connectivity index is 1.54. The van der Waals surface area contributed by atoms with Crippen LogP contribution in [-0.4, -0.2) is 34.0 Å².